The maximum Gasteiger partial charge on any atom is 0.0283 e. The Morgan fingerprint density at radius 1 is 0.714 bits per heavy atom. The molecule has 0 saturated carbocycles. The Labute approximate surface area is 127 Å². The SMILES string of the molecule is C=C=CCC(CC=C=C)(c1ccccc1)c1ccccc1. The number of hydrogen-bond acceptors (Lipinski definition) is 0. The maximum atomic E-state index is 3.71. The lowest BCUT2D eigenvalue weighted by atomic mass is 9.70. The molecule has 0 aromatic heterocycles. The lowest BCUT2D eigenvalue weighted by Gasteiger charge is -2.33. The lowest BCUT2D eigenvalue weighted by Crippen LogP contribution is -2.26. The Bertz CT molecular complexity index is 590. The molecule has 2 aromatic carbocycles. The van der Waals surface area contributed by atoms with Crippen LogP contribution in [0.4, 0.5) is 0 Å². The van der Waals surface area contributed by atoms with Crippen LogP contribution in [0.15, 0.2) is 97.4 Å². The van der Waals surface area contributed by atoms with Crippen molar-refractivity contribution in [1.82, 2.24) is 0 Å². The lowest BCUT2D eigenvalue weighted by molar-refractivity contribution is 0.528. The predicted molar refractivity (Wildman–Crippen MR) is 90.3 cm³/mol. The van der Waals surface area contributed by atoms with Crippen LogP contribution in [0.5, 0.6) is 0 Å². The van der Waals surface area contributed by atoms with Crippen LogP contribution in [0.1, 0.15) is 24.0 Å². The topological polar surface area (TPSA) is 0 Å². The average Bonchev–Trinajstić information content (AvgIpc) is 2.57. The summed E-state index contributed by atoms with van der Waals surface area (Å²) in [5.74, 6) is 0. The van der Waals surface area contributed by atoms with Gasteiger partial charge in [-0.25, -0.2) is 0 Å². The van der Waals surface area contributed by atoms with Gasteiger partial charge < -0.3 is 0 Å². The van der Waals surface area contributed by atoms with Crippen molar-refractivity contribution in [1.29, 1.82) is 0 Å². The van der Waals surface area contributed by atoms with Crippen LogP contribution >= 0.6 is 0 Å². The van der Waals surface area contributed by atoms with Crippen molar-refractivity contribution in [2.24, 2.45) is 0 Å². The van der Waals surface area contributed by atoms with Gasteiger partial charge in [0.2, 0.25) is 0 Å². The van der Waals surface area contributed by atoms with Gasteiger partial charge in [-0.1, -0.05) is 73.8 Å². The standard InChI is InChI=1S/C21H20/c1-3-5-17-21(18-6-4-2,19-13-9-7-10-14-19)20-15-11-8-12-16-20/h5-16H,1-2,17-18H2. The van der Waals surface area contributed by atoms with Crippen molar-refractivity contribution in [3.63, 3.8) is 0 Å². The van der Waals surface area contributed by atoms with E-state index < -0.39 is 0 Å². The monoisotopic (exact) mass is 272 g/mol. The first-order valence-corrected chi connectivity index (χ1v) is 7.13. The first-order valence-electron chi connectivity index (χ1n) is 7.13. The van der Waals surface area contributed by atoms with Gasteiger partial charge in [0, 0.05) is 5.41 Å². The Balaban J connectivity index is 2.64. The molecule has 2 rings (SSSR count). The van der Waals surface area contributed by atoms with Gasteiger partial charge >= 0.3 is 0 Å². The highest BCUT2D eigenvalue weighted by molar-refractivity contribution is 5.41. The van der Waals surface area contributed by atoms with E-state index in [1.807, 2.05) is 24.3 Å². The second kappa shape index (κ2) is 7.31. The molecule has 0 fully saturated rings. The molecule has 0 atom stereocenters. The summed E-state index contributed by atoms with van der Waals surface area (Å²) in [4.78, 5) is 0. The molecule has 0 aliphatic carbocycles. The molecule has 0 unspecified atom stereocenters. The van der Waals surface area contributed by atoms with E-state index in [2.05, 4.69) is 73.2 Å². The summed E-state index contributed by atoms with van der Waals surface area (Å²) in [6, 6.07) is 21.2. The second-order valence-electron chi connectivity index (χ2n) is 5.04. The fourth-order valence-electron chi connectivity index (χ4n) is 2.73. The summed E-state index contributed by atoms with van der Waals surface area (Å²) in [6.07, 6.45) is 5.72. The van der Waals surface area contributed by atoms with Crippen LogP contribution in [0.2, 0.25) is 0 Å². The molecule has 0 nitrogen and oxygen atoms in total. The highest BCUT2D eigenvalue weighted by Gasteiger charge is 2.31. The Morgan fingerprint density at radius 2 is 1.10 bits per heavy atom. The van der Waals surface area contributed by atoms with E-state index in [0.717, 1.165) is 12.8 Å². The van der Waals surface area contributed by atoms with Crippen molar-refractivity contribution in [2.45, 2.75) is 18.3 Å². The van der Waals surface area contributed by atoms with E-state index in [1.54, 1.807) is 0 Å². The van der Waals surface area contributed by atoms with E-state index in [4.69, 9.17) is 0 Å². The maximum absolute atomic E-state index is 3.71. The van der Waals surface area contributed by atoms with Gasteiger partial charge in [-0.05, 0) is 36.1 Å². The molecule has 0 aliphatic rings. The zero-order chi connectivity index (χ0) is 15.0. The van der Waals surface area contributed by atoms with Crippen molar-refractivity contribution in [3.05, 3.63) is 109 Å². The third kappa shape index (κ3) is 3.33. The molecule has 2 aromatic rings. The summed E-state index contributed by atoms with van der Waals surface area (Å²) in [5.41, 5.74) is 8.27. The largest absolute Gasteiger partial charge is 0.133 e. The van der Waals surface area contributed by atoms with Crippen molar-refractivity contribution < 1.29 is 0 Å². The van der Waals surface area contributed by atoms with Crippen LogP contribution in [0.3, 0.4) is 0 Å². The second-order valence-corrected chi connectivity index (χ2v) is 5.04. The number of benzene rings is 2. The quantitative estimate of drug-likeness (QED) is 0.615. The Kier molecular flexibility index (Phi) is 5.18. The molecule has 0 heterocycles. The predicted octanol–water partition coefficient (Wildman–Crippen LogP) is 5.44. The van der Waals surface area contributed by atoms with E-state index in [1.165, 1.54) is 11.1 Å². The van der Waals surface area contributed by atoms with E-state index in [0.29, 0.717) is 0 Å². The van der Waals surface area contributed by atoms with Crippen LogP contribution in [0.25, 0.3) is 0 Å². The zero-order valence-electron chi connectivity index (χ0n) is 12.3. The first-order chi connectivity index (χ1) is 10.3. The Morgan fingerprint density at radius 3 is 1.43 bits per heavy atom. The molecule has 0 aliphatic heterocycles. The third-order valence-electron chi connectivity index (χ3n) is 3.84. The van der Waals surface area contributed by atoms with Gasteiger partial charge in [-0.3, -0.25) is 0 Å². The van der Waals surface area contributed by atoms with Gasteiger partial charge in [0.1, 0.15) is 0 Å². The Hall–Kier alpha value is -2.52. The minimum atomic E-state index is -0.127. The number of allylic oxidation sites excluding steroid dienone is 2. The van der Waals surface area contributed by atoms with E-state index in [9.17, 15) is 0 Å². The molecule has 0 bridgehead atoms. The van der Waals surface area contributed by atoms with Crippen LogP contribution in [-0.2, 0) is 5.41 Å². The van der Waals surface area contributed by atoms with Crippen molar-refractivity contribution >= 4 is 0 Å². The molecule has 0 heteroatoms. The molecule has 0 radical (unpaired) electrons. The van der Waals surface area contributed by atoms with Gasteiger partial charge in [0.15, 0.2) is 0 Å². The van der Waals surface area contributed by atoms with Crippen LogP contribution in [-0.4, -0.2) is 0 Å². The number of rotatable bonds is 6. The van der Waals surface area contributed by atoms with Gasteiger partial charge in [-0.15, -0.1) is 11.5 Å². The summed E-state index contributed by atoms with van der Waals surface area (Å²) in [5, 5.41) is 0. The summed E-state index contributed by atoms with van der Waals surface area (Å²) < 4.78 is 0. The molecule has 0 amide bonds. The molecular weight excluding hydrogens is 252 g/mol. The van der Waals surface area contributed by atoms with Gasteiger partial charge in [-0.2, -0.15) is 0 Å². The van der Waals surface area contributed by atoms with Crippen molar-refractivity contribution in [2.75, 3.05) is 0 Å². The van der Waals surface area contributed by atoms with Crippen LogP contribution < -0.4 is 0 Å². The average molecular weight is 272 g/mol. The molecular formula is C21H20. The minimum absolute atomic E-state index is 0.127. The first kappa shape index (κ1) is 14.9. The molecule has 104 valence electrons. The summed E-state index contributed by atoms with van der Waals surface area (Å²) in [7, 11) is 0. The van der Waals surface area contributed by atoms with Gasteiger partial charge in [0.25, 0.3) is 0 Å². The minimum Gasteiger partial charge on any atom is -0.133 e. The molecule has 21 heavy (non-hydrogen) atoms. The van der Waals surface area contributed by atoms with E-state index >= 15 is 0 Å². The fraction of sp³-hybridized carbons (Fsp3) is 0.143. The van der Waals surface area contributed by atoms with Gasteiger partial charge in [0.05, 0.1) is 0 Å². The molecule has 0 saturated heterocycles. The normalized spacial score (nSPS) is 10.3. The highest BCUT2D eigenvalue weighted by Crippen LogP contribution is 2.39. The van der Waals surface area contributed by atoms with E-state index in [-0.39, 0.29) is 5.41 Å². The fourth-order valence-corrected chi connectivity index (χ4v) is 2.73. The summed E-state index contributed by atoms with van der Waals surface area (Å²) >= 11 is 0. The molecule has 0 spiro atoms. The number of hydrogen-bond donors (Lipinski definition) is 0. The van der Waals surface area contributed by atoms with Crippen LogP contribution in [0, 0.1) is 0 Å². The molecule has 0 N–H and O–H groups in total. The highest BCUT2D eigenvalue weighted by atomic mass is 14.3. The van der Waals surface area contributed by atoms with Crippen molar-refractivity contribution in [3.8, 4) is 0 Å². The zero-order valence-corrected chi connectivity index (χ0v) is 12.3. The third-order valence-corrected chi connectivity index (χ3v) is 3.84. The summed E-state index contributed by atoms with van der Waals surface area (Å²) in [6.45, 7) is 7.43. The smallest absolute Gasteiger partial charge is 0.0283 e.